The van der Waals surface area contributed by atoms with Gasteiger partial charge in [0.25, 0.3) is 5.91 Å². The molecule has 146 valence electrons. The van der Waals surface area contributed by atoms with E-state index in [4.69, 9.17) is 4.74 Å². The van der Waals surface area contributed by atoms with E-state index < -0.39 is 34.0 Å². The average Bonchev–Trinajstić information content (AvgIpc) is 3.08. The van der Waals surface area contributed by atoms with Crippen molar-refractivity contribution >= 4 is 27.6 Å². The lowest BCUT2D eigenvalue weighted by molar-refractivity contribution is -0.122. The van der Waals surface area contributed by atoms with Crippen LogP contribution in [0.1, 0.15) is 6.42 Å². The monoisotopic (exact) mass is 401 g/mol. The van der Waals surface area contributed by atoms with Crippen LogP contribution in [0.3, 0.4) is 0 Å². The summed E-state index contributed by atoms with van der Waals surface area (Å²) in [5.74, 6) is 0.671. The molecule has 2 atom stereocenters. The molecule has 2 saturated heterocycles. The summed E-state index contributed by atoms with van der Waals surface area (Å²) < 4.78 is 30.9. The highest BCUT2D eigenvalue weighted by Gasteiger charge is 2.51. The molecule has 2 aliphatic heterocycles. The number of rotatable bonds is 4. The predicted molar refractivity (Wildman–Crippen MR) is 103 cm³/mol. The fraction of sp³-hybridized carbons (Fsp3) is 0.263. The molecular formula is C19H19N3O5S. The average molecular weight is 401 g/mol. The summed E-state index contributed by atoms with van der Waals surface area (Å²) in [6.45, 7) is 0.206. The molecule has 0 bridgehead atoms. The second kappa shape index (κ2) is 6.92. The van der Waals surface area contributed by atoms with Crippen molar-refractivity contribution in [2.24, 2.45) is 0 Å². The highest BCUT2D eigenvalue weighted by Crippen LogP contribution is 2.30. The molecule has 2 unspecified atom stereocenters. The van der Waals surface area contributed by atoms with Gasteiger partial charge in [0.05, 0.1) is 18.0 Å². The van der Waals surface area contributed by atoms with Crippen LogP contribution in [0.5, 0.6) is 11.5 Å². The summed E-state index contributed by atoms with van der Waals surface area (Å²) in [6.07, 6.45) is 1.48. The zero-order valence-electron chi connectivity index (χ0n) is 15.1. The number of ether oxygens (including phenoxy) is 1. The second-order valence-electron chi connectivity index (χ2n) is 6.75. The van der Waals surface area contributed by atoms with E-state index >= 15 is 0 Å². The van der Waals surface area contributed by atoms with Gasteiger partial charge < -0.3 is 10.1 Å². The van der Waals surface area contributed by atoms with Gasteiger partial charge in [0.15, 0.2) is 0 Å². The predicted octanol–water partition coefficient (Wildman–Crippen LogP) is 1.94. The molecule has 2 heterocycles. The van der Waals surface area contributed by atoms with Crippen LogP contribution >= 0.6 is 0 Å². The maximum absolute atomic E-state index is 13.0. The summed E-state index contributed by atoms with van der Waals surface area (Å²) in [5, 5.41) is 2.74. The SMILES string of the molecule is CS(=O)(=O)N1CCC2NC(=O)N(c3ccc(Oc4ccccc4)cc3)C(=O)C21. The summed E-state index contributed by atoms with van der Waals surface area (Å²) in [7, 11) is -3.56. The van der Waals surface area contributed by atoms with Crippen LogP contribution in [0.4, 0.5) is 10.5 Å². The van der Waals surface area contributed by atoms with Crippen molar-refractivity contribution in [2.45, 2.75) is 18.5 Å². The van der Waals surface area contributed by atoms with E-state index in [-0.39, 0.29) is 6.54 Å². The second-order valence-corrected chi connectivity index (χ2v) is 8.68. The Morgan fingerprint density at radius 1 is 1.00 bits per heavy atom. The van der Waals surface area contributed by atoms with Gasteiger partial charge in [-0.25, -0.2) is 18.1 Å². The van der Waals surface area contributed by atoms with Crippen molar-refractivity contribution in [3.05, 3.63) is 54.6 Å². The molecule has 2 fully saturated rings. The van der Waals surface area contributed by atoms with Gasteiger partial charge in [-0.3, -0.25) is 4.79 Å². The van der Waals surface area contributed by atoms with E-state index in [1.165, 1.54) is 0 Å². The number of carbonyl (C=O) groups is 2. The number of urea groups is 1. The first-order valence-electron chi connectivity index (χ1n) is 8.79. The van der Waals surface area contributed by atoms with Crippen LogP contribution in [0.25, 0.3) is 0 Å². The van der Waals surface area contributed by atoms with Gasteiger partial charge in [-0.15, -0.1) is 0 Å². The molecule has 0 spiro atoms. The highest BCUT2D eigenvalue weighted by atomic mass is 32.2. The quantitative estimate of drug-likeness (QED) is 0.845. The van der Waals surface area contributed by atoms with E-state index in [1.807, 2.05) is 30.3 Å². The number of fused-ring (bicyclic) bond motifs is 1. The van der Waals surface area contributed by atoms with E-state index in [0.717, 1.165) is 15.5 Å². The Morgan fingerprint density at radius 3 is 2.29 bits per heavy atom. The fourth-order valence-corrected chi connectivity index (χ4v) is 4.66. The Balaban J connectivity index is 1.58. The van der Waals surface area contributed by atoms with Crippen molar-refractivity contribution in [2.75, 3.05) is 17.7 Å². The van der Waals surface area contributed by atoms with Crippen LogP contribution in [0, 0.1) is 0 Å². The Bertz CT molecular complexity index is 1010. The van der Waals surface area contributed by atoms with Gasteiger partial charge in [-0.05, 0) is 42.8 Å². The lowest BCUT2D eigenvalue weighted by Gasteiger charge is -2.36. The first-order valence-corrected chi connectivity index (χ1v) is 10.6. The maximum atomic E-state index is 13.0. The first-order chi connectivity index (χ1) is 13.3. The molecule has 3 amide bonds. The number of imide groups is 1. The van der Waals surface area contributed by atoms with E-state index in [9.17, 15) is 18.0 Å². The molecule has 0 saturated carbocycles. The number of para-hydroxylation sites is 1. The number of hydrogen-bond donors (Lipinski definition) is 1. The number of nitrogens with zero attached hydrogens (tertiary/aromatic N) is 2. The zero-order valence-corrected chi connectivity index (χ0v) is 15.9. The molecule has 8 nitrogen and oxygen atoms in total. The summed E-state index contributed by atoms with van der Waals surface area (Å²) >= 11 is 0. The molecule has 0 radical (unpaired) electrons. The third kappa shape index (κ3) is 3.34. The normalized spacial score (nSPS) is 22.7. The largest absolute Gasteiger partial charge is 0.457 e. The summed E-state index contributed by atoms with van der Waals surface area (Å²) in [5.41, 5.74) is 0.349. The fourth-order valence-electron chi connectivity index (χ4n) is 3.57. The number of benzene rings is 2. The van der Waals surface area contributed by atoms with Crippen LogP contribution in [-0.2, 0) is 14.8 Å². The minimum atomic E-state index is -3.56. The number of anilines is 1. The van der Waals surface area contributed by atoms with Crippen LogP contribution in [-0.4, -0.2) is 49.5 Å². The molecule has 1 N–H and O–H groups in total. The van der Waals surface area contributed by atoms with Gasteiger partial charge in [0, 0.05) is 6.54 Å². The van der Waals surface area contributed by atoms with E-state index in [0.29, 0.717) is 23.6 Å². The molecule has 4 rings (SSSR count). The van der Waals surface area contributed by atoms with Crippen LogP contribution in [0.15, 0.2) is 54.6 Å². The summed E-state index contributed by atoms with van der Waals surface area (Å²) in [4.78, 5) is 26.4. The number of amides is 3. The zero-order chi connectivity index (χ0) is 19.9. The van der Waals surface area contributed by atoms with E-state index in [1.54, 1.807) is 24.3 Å². The molecular weight excluding hydrogens is 382 g/mol. The lowest BCUT2D eigenvalue weighted by atomic mass is 10.1. The van der Waals surface area contributed by atoms with Crippen molar-refractivity contribution in [3.8, 4) is 11.5 Å². The van der Waals surface area contributed by atoms with Crippen molar-refractivity contribution < 1.29 is 22.7 Å². The molecule has 2 aliphatic rings. The van der Waals surface area contributed by atoms with Crippen LogP contribution in [0.2, 0.25) is 0 Å². The number of carbonyl (C=O) groups excluding carboxylic acids is 2. The Hall–Kier alpha value is -2.91. The number of sulfonamides is 1. The molecule has 0 aliphatic carbocycles. The van der Waals surface area contributed by atoms with Crippen molar-refractivity contribution in [1.29, 1.82) is 0 Å². The maximum Gasteiger partial charge on any atom is 0.329 e. The van der Waals surface area contributed by atoms with Crippen molar-refractivity contribution in [3.63, 3.8) is 0 Å². The first kappa shape index (κ1) is 18.5. The van der Waals surface area contributed by atoms with Gasteiger partial charge in [0.1, 0.15) is 17.5 Å². The Labute approximate surface area is 162 Å². The van der Waals surface area contributed by atoms with Crippen molar-refractivity contribution in [1.82, 2.24) is 9.62 Å². The minimum Gasteiger partial charge on any atom is -0.457 e. The molecule has 0 aromatic heterocycles. The number of nitrogens with one attached hydrogen (secondary N) is 1. The van der Waals surface area contributed by atoms with Crippen LogP contribution < -0.4 is 15.0 Å². The standard InChI is InChI=1S/C19H19N3O5S/c1-28(25,26)21-12-11-16-17(21)18(23)22(19(24)20-16)13-7-9-15(10-8-13)27-14-5-3-2-4-6-14/h2-10,16-17H,11-12H2,1H3,(H,20,24). The molecule has 28 heavy (non-hydrogen) atoms. The lowest BCUT2D eigenvalue weighted by Crippen LogP contribution is -2.64. The van der Waals surface area contributed by atoms with Gasteiger partial charge in [-0.2, -0.15) is 4.31 Å². The van der Waals surface area contributed by atoms with Gasteiger partial charge >= 0.3 is 6.03 Å². The Morgan fingerprint density at radius 2 is 1.64 bits per heavy atom. The topological polar surface area (TPSA) is 96.0 Å². The third-order valence-electron chi connectivity index (χ3n) is 4.84. The summed E-state index contributed by atoms with van der Waals surface area (Å²) in [6, 6.07) is 13.7. The molecule has 9 heteroatoms. The molecule has 2 aromatic carbocycles. The third-order valence-corrected chi connectivity index (χ3v) is 6.10. The van der Waals surface area contributed by atoms with E-state index in [2.05, 4.69) is 5.32 Å². The van der Waals surface area contributed by atoms with Gasteiger partial charge in [0.2, 0.25) is 10.0 Å². The molecule has 2 aromatic rings. The van der Waals surface area contributed by atoms with Gasteiger partial charge in [-0.1, -0.05) is 18.2 Å². The highest BCUT2D eigenvalue weighted by molar-refractivity contribution is 7.88. The number of hydrogen-bond acceptors (Lipinski definition) is 5. The smallest absolute Gasteiger partial charge is 0.329 e. The Kier molecular flexibility index (Phi) is 4.56. The minimum absolute atomic E-state index is 0.206.